The molecule has 4 aliphatic carbocycles. The standard InChI is InChI=1S/C50H68N2O4/c1-34(2)11-10-12-35(3)43-22-23-44-42-21-17-38-32-41(26-28-49(38,4)45(42)27-29-50(43,44)5)56-48(54)13-8-7-9-30-55-40-19-14-36(15-20-40)33-51-39-18-24-46-37(31-39)16-25-47(53)52(46)6/h14-20,24-25,31,33-35,41-45H,7-13,21-23,26-30,32H2,1-6H3/t35-,41?,42+,43-,44+,45+,49+,50?/m1/s1. The Hall–Kier alpha value is -3.67. The number of ether oxygens (including phenoxy) is 2. The van der Waals surface area contributed by atoms with E-state index in [0.717, 1.165) is 102 Å². The summed E-state index contributed by atoms with van der Waals surface area (Å²) in [4.78, 5) is 29.5. The molecular formula is C50H68N2O4. The summed E-state index contributed by atoms with van der Waals surface area (Å²) in [7, 11) is 1.78. The van der Waals surface area contributed by atoms with Gasteiger partial charge in [-0.15, -0.1) is 0 Å². The molecule has 8 atom stereocenters. The smallest absolute Gasteiger partial charge is 0.306 e. The lowest BCUT2D eigenvalue weighted by Crippen LogP contribution is -2.51. The number of unbranched alkanes of at least 4 members (excludes halogenated alkanes) is 2. The highest BCUT2D eigenvalue weighted by atomic mass is 16.5. The number of aryl methyl sites for hydroxylation is 1. The highest BCUT2D eigenvalue weighted by Crippen LogP contribution is 2.67. The van der Waals surface area contributed by atoms with Gasteiger partial charge >= 0.3 is 5.97 Å². The number of fused-ring (bicyclic) bond motifs is 6. The fraction of sp³-hybridized carbons (Fsp3) is 0.620. The van der Waals surface area contributed by atoms with Crippen molar-refractivity contribution in [1.82, 2.24) is 4.57 Å². The quantitative estimate of drug-likeness (QED) is 0.0669. The summed E-state index contributed by atoms with van der Waals surface area (Å²) in [5.41, 5.74) is 5.09. The summed E-state index contributed by atoms with van der Waals surface area (Å²) < 4.78 is 13.8. The molecule has 0 radical (unpaired) electrons. The zero-order chi connectivity index (χ0) is 39.5. The number of nitrogens with zero attached hydrogens (tertiary/aromatic N) is 2. The van der Waals surface area contributed by atoms with E-state index in [1.54, 1.807) is 23.3 Å². The second kappa shape index (κ2) is 17.4. The molecule has 3 saturated carbocycles. The highest BCUT2D eigenvalue weighted by molar-refractivity contribution is 5.86. The van der Waals surface area contributed by atoms with Crippen LogP contribution in [0.2, 0.25) is 0 Å². The monoisotopic (exact) mass is 761 g/mol. The van der Waals surface area contributed by atoms with Crippen molar-refractivity contribution in [3.05, 3.63) is 82.2 Å². The van der Waals surface area contributed by atoms with Crippen molar-refractivity contribution in [3.63, 3.8) is 0 Å². The molecule has 56 heavy (non-hydrogen) atoms. The Kier molecular flexibility index (Phi) is 12.6. The molecule has 0 N–H and O–H groups in total. The van der Waals surface area contributed by atoms with Gasteiger partial charge in [-0.25, -0.2) is 0 Å². The molecular weight excluding hydrogens is 693 g/mol. The zero-order valence-corrected chi connectivity index (χ0v) is 35.2. The summed E-state index contributed by atoms with van der Waals surface area (Å²) in [5, 5.41) is 0.981. The second-order valence-electron chi connectivity index (χ2n) is 19.1. The Balaban J connectivity index is 0.807. The maximum absolute atomic E-state index is 12.9. The van der Waals surface area contributed by atoms with Crippen molar-refractivity contribution in [2.75, 3.05) is 6.61 Å². The fourth-order valence-electron chi connectivity index (χ4n) is 12.0. The number of carbonyl (C=O) groups is 1. The average molecular weight is 761 g/mol. The van der Waals surface area contributed by atoms with Gasteiger partial charge in [0.05, 0.1) is 17.8 Å². The van der Waals surface area contributed by atoms with Gasteiger partial charge in [0.25, 0.3) is 5.56 Å². The van der Waals surface area contributed by atoms with Crippen LogP contribution in [0.1, 0.15) is 136 Å². The first-order chi connectivity index (χ1) is 26.9. The molecule has 6 nitrogen and oxygen atoms in total. The van der Waals surface area contributed by atoms with Crippen molar-refractivity contribution in [2.45, 2.75) is 137 Å². The van der Waals surface area contributed by atoms with E-state index in [2.05, 4.69) is 45.7 Å². The molecule has 7 rings (SSSR count). The number of aromatic nitrogens is 1. The first-order valence-electron chi connectivity index (χ1n) is 22.2. The molecule has 3 aromatic rings. The van der Waals surface area contributed by atoms with Crippen molar-refractivity contribution < 1.29 is 14.3 Å². The van der Waals surface area contributed by atoms with E-state index in [4.69, 9.17) is 9.47 Å². The van der Waals surface area contributed by atoms with E-state index in [0.29, 0.717) is 18.4 Å². The summed E-state index contributed by atoms with van der Waals surface area (Å²) in [6.07, 6.45) is 21.8. The van der Waals surface area contributed by atoms with Crippen molar-refractivity contribution in [3.8, 4) is 5.75 Å². The van der Waals surface area contributed by atoms with E-state index < -0.39 is 0 Å². The summed E-state index contributed by atoms with van der Waals surface area (Å²) in [6, 6.07) is 17.2. The number of allylic oxidation sites excluding steroid dienone is 1. The van der Waals surface area contributed by atoms with Gasteiger partial charge in [0.2, 0.25) is 0 Å². The van der Waals surface area contributed by atoms with Gasteiger partial charge in [-0.1, -0.05) is 65.5 Å². The van der Waals surface area contributed by atoms with Crippen molar-refractivity contribution >= 4 is 28.8 Å². The van der Waals surface area contributed by atoms with Crippen molar-refractivity contribution in [2.24, 2.45) is 58.4 Å². The van der Waals surface area contributed by atoms with Crippen LogP contribution in [0.4, 0.5) is 5.69 Å². The van der Waals surface area contributed by atoms with Crippen LogP contribution in [0.15, 0.2) is 76.0 Å². The van der Waals surface area contributed by atoms with Gasteiger partial charge in [-0.05, 0) is 165 Å². The second-order valence-corrected chi connectivity index (χ2v) is 19.1. The number of pyridine rings is 1. The predicted molar refractivity (Wildman–Crippen MR) is 230 cm³/mol. The molecule has 302 valence electrons. The number of hydrogen-bond donors (Lipinski definition) is 0. The topological polar surface area (TPSA) is 69.9 Å². The van der Waals surface area contributed by atoms with Crippen LogP contribution >= 0.6 is 0 Å². The van der Waals surface area contributed by atoms with Crippen LogP contribution in [0.5, 0.6) is 5.75 Å². The van der Waals surface area contributed by atoms with Crippen LogP contribution in [0.25, 0.3) is 10.9 Å². The van der Waals surface area contributed by atoms with E-state index in [9.17, 15) is 9.59 Å². The average Bonchev–Trinajstić information content (AvgIpc) is 3.54. The molecule has 0 aliphatic heterocycles. The molecule has 6 heteroatoms. The fourth-order valence-corrected chi connectivity index (χ4v) is 12.0. The maximum Gasteiger partial charge on any atom is 0.306 e. The first-order valence-corrected chi connectivity index (χ1v) is 22.2. The zero-order valence-electron chi connectivity index (χ0n) is 35.2. The van der Waals surface area contributed by atoms with Gasteiger partial charge in [-0.2, -0.15) is 0 Å². The third-order valence-electron chi connectivity index (χ3n) is 15.2. The molecule has 4 aliphatic rings. The van der Waals surface area contributed by atoms with E-state index in [-0.39, 0.29) is 23.0 Å². The van der Waals surface area contributed by atoms with Crippen LogP contribution in [-0.4, -0.2) is 29.5 Å². The number of aliphatic imine (C=N–C) groups is 1. The normalized spacial score (nSPS) is 29.1. The largest absolute Gasteiger partial charge is 0.494 e. The third kappa shape index (κ3) is 8.75. The Morgan fingerprint density at radius 1 is 0.911 bits per heavy atom. The third-order valence-corrected chi connectivity index (χ3v) is 15.2. The number of benzene rings is 2. The number of hydrogen-bond acceptors (Lipinski definition) is 5. The number of carbonyl (C=O) groups excluding carboxylic acids is 1. The number of esters is 1. The minimum atomic E-state index is -0.0340. The molecule has 1 aromatic heterocycles. The van der Waals surface area contributed by atoms with Gasteiger partial charge in [0.15, 0.2) is 0 Å². The summed E-state index contributed by atoms with van der Waals surface area (Å²) >= 11 is 0. The molecule has 1 heterocycles. The SMILES string of the molecule is CC(C)CCC[C@@H](C)[C@H]1CC[C@H]2[C@@H]3CC=C4CC(OC(=O)CCCCCOc5ccc(C=Nc6ccc7c(ccc(=O)n7C)c6)cc5)CC[C@]4(C)[C@H]3CCC12C. The van der Waals surface area contributed by atoms with Crippen LogP contribution < -0.4 is 10.3 Å². The first kappa shape index (κ1) is 40.5. The van der Waals surface area contributed by atoms with E-state index in [1.807, 2.05) is 54.7 Å². The summed E-state index contributed by atoms with van der Waals surface area (Å²) in [5.74, 6) is 5.87. The van der Waals surface area contributed by atoms with Crippen LogP contribution in [0.3, 0.4) is 0 Å². The molecule has 2 unspecified atom stereocenters. The minimum absolute atomic E-state index is 0.0201. The van der Waals surface area contributed by atoms with Crippen LogP contribution in [-0.2, 0) is 16.6 Å². The molecule has 3 fully saturated rings. The highest BCUT2D eigenvalue weighted by Gasteiger charge is 2.59. The van der Waals surface area contributed by atoms with Crippen molar-refractivity contribution in [1.29, 1.82) is 0 Å². The van der Waals surface area contributed by atoms with Gasteiger partial charge < -0.3 is 14.0 Å². The molecule has 0 saturated heterocycles. The Morgan fingerprint density at radius 3 is 2.54 bits per heavy atom. The lowest BCUT2D eigenvalue weighted by atomic mass is 9.47. The number of rotatable bonds is 15. The molecule has 0 bridgehead atoms. The lowest BCUT2D eigenvalue weighted by molar-refractivity contribution is -0.151. The van der Waals surface area contributed by atoms with Gasteiger partial charge in [0, 0.05) is 37.6 Å². The predicted octanol–water partition coefficient (Wildman–Crippen LogP) is 12.2. The van der Waals surface area contributed by atoms with Crippen LogP contribution in [0, 0.1) is 46.3 Å². The molecule has 2 aromatic carbocycles. The molecule has 0 spiro atoms. The van der Waals surface area contributed by atoms with Gasteiger partial charge in [-0.3, -0.25) is 14.6 Å². The van der Waals surface area contributed by atoms with E-state index >= 15 is 0 Å². The lowest BCUT2D eigenvalue weighted by Gasteiger charge is -2.58. The van der Waals surface area contributed by atoms with Gasteiger partial charge in [0.1, 0.15) is 11.9 Å². The summed E-state index contributed by atoms with van der Waals surface area (Å²) in [6.45, 7) is 13.2. The molecule has 0 amide bonds. The Bertz CT molecular complexity index is 1940. The van der Waals surface area contributed by atoms with E-state index in [1.165, 1.54) is 51.4 Å². The maximum atomic E-state index is 12.9. The Morgan fingerprint density at radius 2 is 1.73 bits per heavy atom. The minimum Gasteiger partial charge on any atom is -0.494 e. The Labute approximate surface area is 336 Å².